The molecular formula is C23H25FN2O4. The van der Waals surface area contributed by atoms with Crippen LogP contribution in [-0.4, -0.2) is 37.6 Å². The smallest absolute Gasteiger partial charge is 0.294 e. The number of benzene rings is 2. The number of para-hydroxylation sites is 2. The molecule has 1 N–H and O–H groups in total. The van der Waals surface area contributed by atoms with E-state index in [-0.39, 0.29) is 30.1 Å². The second-order valence-electron chi connectivity index (χ2n) is 7.14. The molecule has 2 aromatic rings. The van der Waals surface area contributed by atoms with Gasteiger partial charge in [-0.2, -0.15) is 0 Å². The fourth-order valence-corrected chi connectivity index (χ4v) is 2.95. The van der Waals surface area contributed by atoms with Gasteiger partial charge < -0.3 is 14.8 Å². The van der Waals surface area contributed by atoms with Crippen LogP contribution >= 0.6 is 0 Å². The van der Waals surface area contributed by atoms with Crippen LogP contribution in [0.15, 0.2) is 54.3 Å². The van der Waals surface area contributed by atoms with Crippen LogP contribution in [-0.2, 0) is 14.3 Å². The Morgan fingerprint density at radius 1 is 1.20 bits per heavy atom. The Morgan fingerprint density at radius 2 is 1.93 bits per heavy atom. The summed E-state index contributed by atoms with van der Waals surface area (Å²) in [5.74, 6) is -0.528. The Bertz CT molecular complexity index is 925. The van der Waals surface area contributed by atoms with Gasteiger partial charge in [-0.25, -0.2) is 4.39 Å². The van der Waals surface area contributed by atoms with Crippen LogP contribution in [0.4, 0.5) is 10.1 Å². The zero-order chi connectivity index (χ0) is 21.5. The summed E-state index contributed by atoms with van der Waals surface area (Å²) in [7, 11) is 0. The van der Waals surface area contributed by atoms with Crippen molar-refractivity contribution in [1.82, 2.24) is 5.32 Å². The van der Waals surface area contributed by atoms with E-state index < -0.39 is 5.91 Å². The molecule has 0 bridgehead atoms. The summed E-state index contributed by atoms with van der Waals surface area (Å²) in [5, 5.41) is 2.81. The minimum atomic E-state index is -0.434. The monoisotopic (exact) mass is 412 g/mol. The number of fused-ring (bicyclic) bond motifs is 1. The van der Waals surface area contributed by atoms with Crippen molar-refractivity contribution in [2.75, 3.05) is 24.6 Å². The van der Waals surface area contributed by atoms with E-state index in [1.807, 2.05) is 13.8 Å². The first-order valence-electron chi connectivity index (χ1n) is 9.88. The zero-order valence-electron chi connectivity index (χ0n) is 17.1. The molecule has 0 radical (unpaired) electrons. The number of nitrogens with one attached hydrogen (secondary N) is 1. The van der Waals surface area contributed by atoms with Crippen molar-refractivity contribution in [2.45, 2.75) is 26.4 Å². The van der Waals surface area contributed by atoms with Gasteiger partial charge in [-0.15, -0.1) is 0 Å². The highest BCUT2D eigenvalue weighted by atomic mass is 19.1. The van der Waals surface area contributed by atoms with Crippen molar-refractivity contribution in [3.05, 3.63) is 65.7 Å². The number of ether oxygens (including phenoxy) is 2. The summed E-state index contributed by atoms with van der Waals surface area (Å²) >= 11 is 0. The minimum absolute atomic E-state index is 0.0680. The van der Waals surface area contributed by atoms with Gasteiger partial charge >= 0.3 is 0 Å². The highest BCUT2D eigenvalue weighted by Gasteiger charge is 2.31. The van der Waals surface area contributed by atoms with Gasteiger partial charge in [0.1, 0.15) is 12.4 Å². The quantitative estimate of drug-likeness (QED) is 0.532. The van der Waals surface area contributed by atoms with Gasteiger partial charge in [-0.3, -0.25) is 14.5 Å². The number of nitrogens with zero attached hydrogens (tertiary/aromatic N) is 1. The fraction of sp³-hybridized carbons (Fsp3) is 0.304. The number of halogens is 1. The topological polar surface area (TPSA) is 67.9 Å². The average molecular weight is 412 g/mol. The van der Waals surface area contributed by atoms with E-state index in [1.165, 1.54) is 23.1 Å². The standard InChI is InChI=1S/C23H25FN2O4/c1-16(2)29-13-5-12-25-22(27)15-26-19-6-3-4-7-20(19)30-21(23(26)28)14-17-8-10-18(24)11-9-17/h3-4,6-11,14,16H,5,12-13,15H2,1-2H3,(H,25,27)/b21-14+. The predicted octanol–water partition coefficient (Wildman–Crippen LogP) is 3.52. The Kier molecular flexibility index (Phi) is 7.19. The van der Waals surface area contributed by atoms with Gasteiger partial charge in [0.25, 0.3) is 5.91 Å². The van der Waals surface area contributed by atoms with Crippen molar-refractivity contribution in [3.63, 3.8) is 0 Å². The van der Waals surface area contributed by atoms with Gasteiger partial charge in [0, 0.05) is 13.2 Å². The SMILES string of the molecule is CC(C)OCCCNC(=O)CN1C(=O)/C(=C\c2ccc(F)cc2)Oc2ccccc21. The minimum Gasteiger partial charge on any atom is -0.449 e. The van der Waals surface area contributed by atoms with Crippen LogP contribution in [0.3, 0.4) is 0 Å². The maximum atomic E-state index is 13.2. The molecule has 0 saturated heterocycles. The molecular weight excluding hydrogens is 387 g/mol. The Hall–Kier alpha value is -3.19. The van der Waals surface area contributed by atoms with Crippen LogP contribution in [0, 0.1) is 5.82 Å². The molecule has 0 fully saturated rings. The summed E-state index contributed by atoms with van der Waals surface area (Å²) < 4.78 is 24.4. The summed E-state index contributed by atoms with van der Waals surface area (Å²) in [6.07, 6.45) is 2.37. The Labute approximate surface area is 175 Å². The molecule has 2 aromatic carbocycles. The van der Waals surface area contributed by atoms with Crippen LogP contribution in [0.25, 0.3) is 6.08 Å². The molecule has 30 heavy (non-hydrogen) atoms. The lowest BCUT2D eigenvalue weighted by atomic mass is 10.1. The summed E-state index contributed by atoms with van der Waals surface area (Å²) in [5.41, 5.74) is 1.14. The maximum absolute atomic E-state index is 13.2. The van der Waals surface area contributed by atoms with Crippen molar-refractivity contribution in [3.8, 4) is 5.75 Å². The molecule has 6 nitrogen and oxygen atoms in total. The highest BCUT2D eigenvalue weighted by Crippen LogP contribution is 2.35. The Morgan fingerprint density at radius 3 is 2.67 bits per heavy atom. The first-order valence-corrected chi connectivity index (χ1v) is 9.88. The van der Waals surface area contributed by atoms with E-state index >= 15 is 0 Å². The van der Waals surface area contributed by atoms with Crippen molar-refractivity contribution < 1.29 is 23.5 Å². The second-order valence-corrected chi connectivity index (χ2v) is 7.14. The summed E-state index contributed by atoms with van der Waals surface area (Å²) in [4.78, 5) is 26.8. The number of carbonyl (C=O) groups is 2. The molecule has 1 aliphatic rings. The van der Waals surface area contributed by atoms with E-state index in [9.17, 15) is 14.0 Å². The van der Waals surface area contributed by atoms with Gasteiger partial charge in [0.15, 0.2) is 11.5 Å². The third-order valence-electron chi connectivity index (χ3n) is 4.40. The molecule has 1 aliphatic heterocycles. The van der Waals surface area contributed by atoms with Gasteiger partial charge in [-0.05, 0) is 56.2 Å². The molecule has 7 heteroatoms. The fourth-order valence-electron chi connectivity index (χ4n) is 2.95. The number of rotatable bonds is 8. The van der Waals surface area contributed by atoms with E-state index in [0.717, 1.165) is 0 Å². The average Bonchev–Trinajstić information content (AvgIpc) is 2.72. The molecule has 158 valence electrons. The van der Waals surface area contributed by atoms with E-state index in [1.54, 1.807) is 36.4 Å². The van der Waals surface area contributed by atoms with E-state index in [2.05, 4.69) is 5.32 Å². The molecule has 0 saturated carbocycles. The van der Waals surface area contributed by atoms with Crippen molar-refractivity contribution in [2.24, 2.45) is 0 Å². The predicted molar refractivity (Wildman–Crippen MR) is 113 cm³/mol. The maximum Gasteiger partial charge on any atom is 0.294 e. The molecule has 0 spiro atoms. The first kappa shape index (κ1) is 21.5. The van der Waals surface area contributed by atoms with Crippen LogP contribution < -0.4 is 15.0 Å². The third kappa shape index (κ3) is 5.67. The summed E-state index contributed by atoms with van der Waals surface area (Å²) in [6, 6.07) is 12.7. The molecule has 3 rings (SSSR count). The molecule has 1 heterocycles. The number of anilines is 1. The molecule has 2 amide bonds. The van der Waals surface area contributed by atoms with Crippen molar-refractivity contribution in [1.29, 1.82) is 0 Å². The molecule has 0 aliphatic carbocycles. The van der Waals surface area contributed by atoms with E-state index in [4.69, 9.17) is 9.47 Å². The normalized spacial score (nSPS) is 14.6. The van der Waals surface area contributed by atoms with Crippen LogP contribution in [0.5, 0.6) is 5.75 Å². The third-order valence-corrected chi connectivity index (χ3v) is 4.40. The Balaban J connectivity index is 1.71. The number of amides is 2. The first-order chi connectivity index (χ1) is 14.4. The lowest BCUT2D eigenvalue weighted by Crippen LogP contribution is -2.44. The second kappa shape index (κ2) is 10.0. The number of hydrogen-bond acceptors (Lipinski definition) is 4. The number of hydrogen-bond donors (Lipinski definition) is 1. The summed E-state index contributed by atoms with van der Waals surface area (Å²) in [6.45, 7) is 4.80. The molecule has 0 aromatic heterocycles. The largest absolute Gasteiger partial charge is 0.449 e. The highest BCUT2D eigenvalue weighted by molar-refractivity contribution is 6.12. The van der Waals surface area contributed by atoms with E-state index in [0.29, 0.717) is 36.6 Å². The lowest BCUT2D eigenvalue weighted by molar-refractivity contribution is -0.123. The number of carbonyl (C=O) groups excluding carboxylic acids is 2. The van der Waals surface area contributed by atoms with Gasteiger partial charge in [0.05, 0.1) is 11.8 Å². The van der Waals surface area contributed by atoms with Crippen LogP contribution in [0.1, 0.15) is 25.8 Å². The molecule has 0 atom stereocenters. The lowest BCUT2D eigenvalue weighted by Gasteiger charge is -2.30. The van der Waals surface area contributed by atoms with Gasteiger partial charge in [-0.1, -0.05) is 24.3 Å². The van der Waals surface area contributed by atoms with Crippen LogP contribution in [0.2, 0.25) is 0 Å². The zero-order valence-corrected chi connectivity index (χ0v) is 17.1. The molecule has 0 unspecified atom stereocenters. The van der Waals surface area contributed by atoms with Gasteiger partial charge in [0.2, 0.25) is 5.91 Å². The van der Waals surface area contributed by atoms with Crippen molar-refractivity contribution >= 4 is 23.6 Å².